The molecule has 3 heteroatoms. The van der Waals surface area contributed by atoms with Gasteiger partial charge in [-0.15, -0.1) is 0 Å². The molecule has 4 rings (SSSR count). The van der Waals surface area contributed by atoms with Gasteiger partial charge in [-0.2, -0.15) is 0 Å². The predicted octanol–water partition coefficient (Wildman–Crippen LogP) is 6.63. The van der Waals surface area contributed by atoms with Gasteiger partial charge in [0.1, 0.15) is 18.1 Å². The molecule has 3 nitrogen and oxygen atoms in total. The van der Waals surface area contributed by atoms with Crippen molar-refractivity contribution < 1.29 is 9.84 Å². The molecule has 1 heterocycles. The van der Waals surface area contributed by atoms with Gasteiger partial charge >= 0.3 is 0 Å². The molecule has 0 saturated carbocycles. The number of allylic oxidation sites excluding steroid dienone is 1. The van der Waals surface area contributed by atoms with Gasteiger partial charge in [-0.3, -0.25) is 4.90 Å². The van der Waals surface area contributed by atoms with Gasteiger partial charge in [0.05, 0.1) is 0 Å². The highest BCUT2D eigenvalue weighted by Crippen LogP contribution is 2.33. The maximum Gasteiger partial charge on any atom is 0.119 e. The van der Waals surface area contributed by atoms with Gasteiger partial charge in [-0.1, -0.05) is 67.4 Å². The van der Waals surface area contributed by atoms with E-state index in [1.54, 1.807) is 12.1 Å². The van der Waals surface area contributed by atoms with Crippen molar-refractivity contribution in [2.24, 2.45) is 0 Å². The second-order valence-electron chi connectivity index (χ2n) is 8.54. The van der Waals surface area contributed by atoms with Crippen LogP contribution in [0, 0.1) is 0 Å². The third-order valence-electron chi connectivity index (χ3n) is 6.26. The first-order valence-corrected chi connectivity index (χ1v) is 11.7. The number of hydrogen-bond acceptors (Lipinski definition) is 3. The molecule has 1 saturated heterocycles. The van der Waals surface area contributed by atoms with Crippen molar-refractivity contribution >= 4 is 11.1 Å². The molecular weight excluding hydrogens is 394 g/mol. The monoisotopic (exact) mass is 427 g/mol. The van der Waals surface area contributed by atoms with E-state index in [-0.39, 0.29) is 5.75 Å². The SMILES string of the molecule is C/C(=C(/c1ccc(O)cc1)c1ccc(OCCN2CCCCCC2)cc1)c1ccccc1. The summed E-state index contributed by atoms with van der Waals surface area (Å²) in [5, 5.41) is 9.76. The predicted molar refractivity (Wildman–Crippen MR) is 133 cm³/mol. The molecule has 0 radical (unpaired) electrons. The number of phenolic OH excluding ortho intramolecular Hbond substituents is 1. The normalized spacial score (nSPS) is 15.7. The Labute approximate surface area is 192 Å². The van der Waals surface area contributed by atoms with Crippen LogP contribution in [0.25, 0.3) is 11.1 Å². The average molecular weight is 428 g/mol. The zero-order valence-corrected chi connectivity index (χ0v) is 19.0. The second-order valence-corrected chi connectivity index (χ2v) is 8.54. The standard InChI is InChI=1S/C29H33NO2/c1-23(24-9-5-4-6-10-24)29(25-11-15-27(31)16-12-25)26-13-17-28(18-14-26)32-22-21-30-19-7-2-3-8-20-30/h4-6,9-18,31H,2-3,7-8,19-22H2,1H3/b29-23+. The lowest BCUT2D eigenvalue weighted by Crippen LogP contribution is -2.29. The summed E-state index contributed by atoms with van der Waals surface area (Å²) in [4.78, 5) is 2.52. The summed E-state index contributed by atoms with van der Waals surface area (Å²) >= 11 is 0. The number of benzene rings is 3. The molecule has 0 unspecified atom stereocenters. The first-order valence-electron chi connectivity index (χ1n) is 11.7. The largest absolute Gasteiger partial charge is 0.508 e. The minimum atomic E-state index is 0.277. The molecule has 166 valence electrons. The van der Waals surface area contributed by atoms with E-state index in [9.17, 15) is 5.11 Å². The molecule has 0 aromatic heterocycles. The van der Waals surface area contributed by atoms with E-state index < -0.39 is 0 Å². The van der Waals surface area contributed by atoms with E-state index in [1.807, 2.05) is 18.2 Å². The lowest BCUT2D eigenvalue weighted by molar-refractivity contribution is 0.214. The fourth-order valence-electron chi connectivity index (χ4n) is 4.43. The highest BCUT2D eigenvalue weighted by atomic mass is 16.5. The number of rotatable bonds is 7. The van der Waals surface area contributed by atoms with Crippen molar-refractivity contribution in [2.45, 2.75) is 32.6 Å². The van der Waals surface area contributed by atoms with E-state index in [0.29, 0.717) is 0 Å². The molecule has 1 fully saturated rings. The molecule has 1 N–H and O–H groups in total. The van der Waals surface area contributed by atoms with Crippen molar-refractivity contribution in [3.05, 3.63) is 95.6 Å². The number of phenols is 1. The zero-order chi connectivity index (χ0) is 22.2. The summed E-state index contributed by atoms with van der Waals surface area (Å²) in [6.45, 7) is 6.27. The minimum absolute atomic E-state index is 0.277. The van der Waals surface area contributed by atoms with Crippen molar-refractivity contribution in [1.29, 1.82) is 0 Å². The Bertz CT molecular complexity index is 999. The van der Waals surface area contributed by atoms with Crippen LogP contribution in [-0.2, 0) is 0 Å². The van der Waals surface area contributed by atoms with Crippen molar-refractivity contribution in [3.63, 3.8) is 0 Å². The lowest BCUT2D eigenvalue weighted by atomic mass is 9.90. The molecular formula is C29H33NO2. The second kappa shape index (κ2) is 11.0. The fourth-order valence-corrected chi connectivity index (χ4v) is 4.43. The van der Waals surface area contributed by atoms with E-state index in [1.165, 1.54) is 49.9 Å². The maximum absolute atomic E-state index is 9.76. The fraction of sp³-hybridized carbons (Fsp3) is 0.310. The number of ether oxygens (including phenoxy) is 1. The van der Waals surface area contributed by atoms with Crippen molar-refractivity contribution in [2.75, 3.05) is 26.2 Å². The van der Waals surface area contributed by atoms with Gasteiger partial charge < -0.3 is 9.84 Å². The average Bonchev–Trinajstić information content (AvgIpc) is 3.11. The van der Waals surface area contributed by atoms with Gasteiger partial charge in [-0.25, -0.2) is 0 Å². The summed E-state index contributed by atoms with van der Waals surface area (Å²) in [7, 11) is 0. The van der Waals surface area contributed by atoms with Gasteiger partial charge in [0, 0.05) is 6.54 Å². The van der Waals surface area contributed by atoms with Crippen LogP contribution in [-0.4, -0.2) is 36.2 Å². The summed E-state index contributed by atoms with van der Waals surface area (Å²) in [5.74, 6) is 1.18. The highest BCUT2D eigenvalue weighted by Gasteiger charge is 2.12. The van der Waals surface area contributed by atoms with Crippen LogP contribution in [0.1, 0.15) is 49.3 Å². The van der Waals surface area contributed by atoms with Crippen LogP contribution in [0.3, 0.4) is 0 Å². The van der Waals surface area contributed by atoms with Gasteiger partial charge in [0.25, 0.3) is 0 Å². The van der Waals surface area contributed by atoms with Crippen molar-refractivity contribution in [1.82, 2.24) is 4.90 Å². The summed E-state index contributed by atoms with van der Waals surface area (Å²) in [5.41, 5.74) is 5.77. The van der Waals surface area contributed by atoms with Crippen LogP contribution in [0.5, 0.6) is 11.5 Å². The number of likely N-dealkylation sites (tertiary alicyclic amines) is 1. The maximum atomic E-state index is 9.76. The Kier molecular flexibility index (Phi) is 7.63. The van der Waals surface area contributed by atoms with Crippen LogP contribution in [0.15, 0.2) is 78.9 Å². The molecule has 0 aliphatic carbocycles. The van der Waals surface area contributed by atoms with E-state index in [4.69, 9.17) is 4.74 Å². The van der Waals surface area contributed by atoms with E-state index >= 15 is 0 Å². The quantitative estimate of drug-likeness (QED) is 0.430. The van der Waals surface area contributed by atoms with Crippen molar-refractivity contribution in [3.8, 4) is 11.5 Å². The third kappa shape index (κ3) is 5.80. The minimum Gasteiger partial charge on any atom is -0.508 e. The topological polar surface area (TPSA) is 32.7 Å². The number of hydrogen-bond donors (Lipinski definition) is 1. The summed E-state index contributed by atoms with van der Waals surface area (Å²) in [6.07, 6.45) is 5.33. The summed E-state index contributed by atoms with van der Waals surface area (Å²) < 4.78 is 6.06. The molecule has 3 aromatic rings. The first kappa shape index (κ1) is 22.2. The Morgan fingerprint density at radius 1 is 0.750 bits per heavy atom. The van der Waals surface area contributed by atoms with Crippen LogP contribution < -0.4 is 4.74 Å². The van der Waals surface area contributed by atoms with Gasteiger partial charge in [0.2, 0.25) is 0 Å². The molecule has 1 aliphatic heterocycles. The number of aromatic hydroxyl groups is 1. The lowest BCUT2D eigenvalue weighted by Gasteiger charge is -2.20. The van der Waals surface area contributed by atoms with Crippen LogP contribution in [0.4, 0.5) is 0 Å². The zero-order valence-electron chi connectivity index (χ0n) is 19.0. The number of nitrogens with zero attached hydrogens (tertiary/aromatic N) is 1. The molecule has 0 amide bonds. The summed E-state index contributed by atoms with van der Waals surface area (Å²) in [6, 6.07) is 26.3. The molecule has 0 atom stereocenters. The molecule has 32 heavy (non-hydrogen) atoms. The Hall–Kier alpha value is -3.04. The molecule has 3 aromatic carbocycles. The Balaban J connectivity index is 1.52. The van der Waals surface area contributed by atoms with Gasteiger partial charge in [0.15, 0.2) is 0 Å². The highest BCUT2D eigenvalue weighted by molar-refractivity contribution is 5.97. The smallest absolute Gasteiger partial charge is 0.119 e. The molecule has 0 bridgehead atoms. The Morgan fingerprint density at radius 2 is 1.34 bits per heavy atom. The first-order chi connectivity index (χ1) is 15.7. The van der Waals surface area contributed by atoms with Gasteiger partial charge in [-0.05, 0) is 85.0 Å². The van der Waals surface area contributed by atoms with E-state index in [0.717, 1.165) is 35.6 Å². The Morgan fingerprint density at radius 3 is 1.97 bits per heavy atom. The molecule has 1 aliphatic rings. The van der Waals surface area contributed by atoms with E-state index in [2.05, 4.69) is 60.4 Å². The van der Waals surface area contributed by atoms with Crippen LogP contribution in [0.2, 0.25) is 0 Å². The molecule has 0 spiro atoms. The van der Waals surface area contributed by atoms with Crippen LogP contribution >= 0.6 is 0 Å². The third-order valence-corrected chi connectivity index (χ3v) is 6.26.